The molecule has 1 aliphatic carbocycles. The summed E-state index contributed by atoms with van der Waals surface area (Å²) in [5.74, 6) is 1.68. The zero-order valence-corrected chi connectivity index (χ0v) is 15.0. The van der Waals surface area contributed by atoms with Crippen LogP contribution >= 0.6 is 0 Å². The molecule has 0 spiro atoms. The minimum Gasteiger partial charge on any atom is -0.497 e. The van der Waals surface area contributed by atoms with Gasteiger partial charge in [0, 0.05) is 19.1 Å². The topological polar surface area (TPSA) is 41.9 Å². The minimum absolute atomic E-state index is 0.315. The molecule has 1 saturated carbocycles. The molecule has 0 unspecified atom stereocenters. The summed E-state index contributed by atoms with van der Waals surface area (Å²) in [7, 11) is 1.68. The summed E-state index contributed by atoms with van der Waals surface area (Å²) in [6, 6.07) is 16.6. The third-order valence-corrected chi connectivity index (χ3v) is 4.49. The SMILES string of the molecule is COc1ccc(CN(C[C@H](O)COc2cccc(C)c2)C2CC2)cc1. The van der Waals surface area contributed by atoms with Gasteiger partial charge in [-0.15, -0.1) is 0 Å². The van der Waals surface area contributed by atoms with Gasteiger partial charge in [-0.25, -0.2) is 0 Å². The fourth-order valence-corrected chi connectivity index (χ4v) is 2.97. The Morgan fingerprint density at radius 1 is 1.12 bits per heavy atom. The highest BCUT2D eigenvalue weighted by atomic mass is 16.5. The van der Waals surface area contributed by atoms with Gasteiger partial charge in [-0.05, 0) is 55.2 Å². The number of methoxy groups -OCH3 is 1. The molecule has 134 valence electrons. The van der Waals surface area contributed by atoms with Crippen molar-refractivity contribution >= 4 is 0 Å². The van der Waals surface area contributed by atoms with Crippen LogP contribution in [0, 0.1) is 6.92 Å². The van der Waals surface area contributed by atoms with Gasteiger partial charge in [0.15, 0.2) is 0 Å². The summed E-state index contributed by atoms with van der Waals surface area (Å²) in [6.45, 7) is 3.82. The second-order valence-corrected chi connectivity index (χ2v) is 6.79. The van der Waals surface area contributed by atoms with E-state index < -0.39 is 6.10 Å². The van der Waals surface area contributed by atoms with E-state index >= 15 is 0 Å². The van der Waals surface area contributed by atoms with Crippen LogP contribution in [0.3, 0.4) is 0 Å². The molecule has 0 amide bonds. The first-order valence-corrected chi connectivity index (χ1v) is 8.88. The fourth-order valence-electron chi connectivity index (χ4n) is 2.97. The van der Waals surface area contributed by atoms with Crippen LogP contribution in [-0.4, -0.2) is 42.4 Å². The lowest BCUT2D eigenvalue weighted by Gasteiger charge is -2.25. The molecule has 3 rings (SSSR count). The highest BCUT2D eigenvalue weighted by Crippen LogP contribution is 2.29. The molecule has 0 aliphatic heterocycles. The summed E-state index contributed by atoms with van der Waals surface area (Å²) in [6.07, 6.45) is 1.92. The van der Waals surface area contributed by atoms with Crippen LogP contribution in [0.25, 0.3) is 0 Å². The molecular weight excluding hydrogens is 314 g/mol. The molecule has 1 N–H and O–H groups in total. The molecule has 2 aromatic carbocycles. The lowest BCUT2D eigenvalue weighted by molar-refractivity contribution is 0.0626. The Labute approximate surface area is 150 Å². The first kappa shape index (κ1) is 17.8. The first-order chi connectivity index (χ1) is 12.1. The van der Waals surface area contributed by atoms with Crippen molar-refractivity contribution in [2.45, 2.75) is 38.5 Å². The Bertz CT molecular complexity index is 667. The van der Waals surface area contributed by atoms with Gasteiger partial charge in [0.1, 0.15) is 24.2 Å². The van der Waals surface area contributed by atoms with Crippen molar-refractivity contribution in [3.8, 4) is 11.5 Å². The number of aliphatic hydroxyl groups is 1. The number of hydrogen-bond donors (Lipinski definition) is 1. The summed E-state index contributed by atoms with van der Waals surface area (Å²) in [5, 5.41) is 10.4. The van der Waals surface area contributed by atoms with E-state index in [1.807, 2.05) is 43.3 Å². The van der Waals surface area contributed by atoms with Crippen molar-refractivity contribution < 1.29 is 14.6 Å². The maximum absolute atomic E-state index is 10.4. The van der Waals surface area contributed by atoms with E-state index in [0.717, 1.165) is 23.6 Å². The van der Waals surface area contributed by atoms with E-state index in [2.05, 4.69) is 17.0 Å². The molecule has 0 bridgehead atoms. The van der Waals surface area contributed by atoms with Gasteiger partial charge >= 0.3 is 0 Å². The second kappa shape index (κ2) is 8.37. The summed E-state index contributed by atoms with van der Waals surface area (Å²) < 4.78 is 10.9. The van der Waals surface area contributed by atoms with Crippen LogP contribution in [0.4, 0.5) is 0 Å². The zero-order chi connectivity index (χ0) is 17.6. The molecule has 1 aliphatic rings. The summed E-state index contributed by atoms with van der Waals surface area (Å²) in [5.41, 5.74) is 2.39. The Kier molecular flexibility index (Phi) is 5.95. The van der Waals surface area contributed by atoms with E-state index in [9.17, 15) is 5.11 Å². The van der Waals surface area contributed by atoms with Gasteiger partial charge < -0.3 is 14.6 Å². The molecule has 0 heterocycles. The molecule has 0 aromatic heterocycles. The monoisotopic (exact) mass is 341 g/mol. The number of hydrogen-bond acceptors (Lipinski definition) is 4. The Morgan fingerprint density at radius 3 is 2.52 bits per heavy atom. The number of benzene rings is 2. The van der Waals surface area contributed by atoms with E-state index in [1.165, 1.54) is 18.4 Å². The van der Waals surface area contributed by atoms with Crippen LogP contribution in [-0.2, 0) is 6.54 Å². The van der Waals surface area contributed by atoms with Gasteiger partial charge in [0.25, 0.3) is 0 Å². The number of aliphatic hydroxyl groups excluding tert-OH is 1. The van der Waals surface area contributed by atoms with Crippen molar-refractivity contribution in [2.24, 2.45) is 0 Å². The molecule has 4 heteroatoms. The number of ether oxygens (including phenoxy) is 2. The Morgan fingerprint density at radius 2 is 1.88 bits per heavy atom. The summed E-state index contributed by atoms with van der Waals surface area (Å²) >= 11 is 0. The molecule has 1 atom stereocenters. The number of nitrogens with zero attached hydrogens (tertiary/aromatic N) is 1. The molecule has 0 saturated heterocycles. The van der Waals surface area contributed by atoms with Gasteiger partial charge in [-0.2, -0.15) is 0 Å². The quantitative estimate of drug-likeness (QED) is 0.759. The molecule has 4 nitrogen and oxygen atoms in total. The molecule has 1 fully saturated rings. The average molecular weight is 341 g/mol. The van der Waals surface area contributed by atoms with Crippen LogP contribution in [0.5, 0.6) is 11.5 Å². The first-order valence-electron chi connectivity index (χ1n) is 8.88. The predicted molar refractivity (Wildman–Crippen MR) is 99.1 cm³/mol. The lowest BCUT2D eigenvalue weighted by Crippen LogP contribution is -2.36. The van der Waals surface area contributed by atoms with Crippen LogP contribution in [0.15, 0.2) is 48.5 Å². The maximum atomic E-state index is 10.4. The van der Waals surface area contributed by atoms with Crippen LogP contribution < -0.4 is 9.47 Å². The Balaban J connectivity index is 1.52. The van der Waals surface area contributed by atoms with E-state index in [-0.39, 0.29) is 0 Å². The minimum atomic E-state index is -0.501. The van der Waals surface area contributed by atoms with Crippen molar-refractivity contribution in [2.75, 3.05) is 20.3 Å². The van der Waals surface area contributed by atoms with E-state index in [4.69, 9.17) is 9.47 Å². The van der Waals surface area contributed by atoms with E-state index in [1.54, 1.807) is 7.11 Å². The van der Waals surface area contributed by atoms with Gasteiger partial charge in [-0.3, -0.25) is 4.90 Å². The summed E-state index contributed by atoms with van der Waals surface area (Å²) in [4.78, 5) is 2.35. The standard InChI is InChI=1S/C21H27NO3/c1-16-4-3-5-21(12-16)25-15-19(23)14-22(18-8-9-18)13-17-6-10-20(24-2)11-7-17/h3-7,10-12,18-19,23H,8-9,13-15H2,1-2H3/t19-/m0/s1. The van der Waals surface area contributed by atoms with Crippen LogP contribution in [0.2, 0.25) is 0 Å². The largest absolute Gasteiger partial charge is 0.497 e. The number of rotatable bonds is 9. The second-order valence-electron chi connectivity index (χ2n) is 6.79. The Hall–Kier alpha value is -2.04. The molecular formula is C21H27NO3. The fraction of sp³-hybridized carbons (Fsp3) is 0.429. The molecule has 25 heavy (non-hydrogen) atoms. The van der Waals surface area contributed by atoms with E-state index in [0.29, 0.717) is 19.2 Å². The molecule has 2 aromatic rings. The predicted octanol–water partition coefficient (Wildman–Crippen LogP) is 3.41. The van der Waals surface area contributed by atoms with Gasteiger partial charge in [0.05, 0.1) is 7.11 Å². The van der Waals surface area contributed by atoms with Crippen molar-refractivity contribution in [3.63, 3.8) is 0 Å². The average Bonchev–Trinajstić information content (AvgIpc) is 3.45. The lowest BCUT2D eigenvalue weighted by atomic mass is 10.2. The highest BCUT2D eigenvalue weighted by molar-refractivity contribution is 5.28. The van der Waals surface area contributed by atoms with Crippen molar-refractivity contribution in [1.29, 1.82) is 0 Å². The van der Waals surface area contributed by atoms with Crippen LogP contribution in [0.1, 0.15) is 24.0 Å². The van der Waals surface area contributed by atoms with Gasteiger partial charge in [-0.1, -0.05) is 24.3 Å². The maximum Gasteiger partial charge on any atom is 0.119 e. The normalized spacial score (nSPS) is 15.2. The molecule has 0 radical (unpaired) electrons. The van der Waals surface area contributed by atoms with Gasteiger partial charge in [0.2, 0.25) is 0 Å². The van der Waals surface area contributed by atoms with Crippen molar-refractivity contribution in [3.05, 3.63) is 59.7 Å². The third kappa shape index (κ3) is 5.48. The number of aryl methyl sites for hydroxylation is 1. The smallest absolute Gasteiger partial charge is 0.119 e. The van der Waals surface area contributed by atoms with Crippen molar-refractivity contribution in [1.82, 2.24) is 4.90 Å². The zero-order valence-electron chi connectivity index (χ0n) is 15.0. The third-order valence-electron chi connectivity index (χ3n) is 4.49. The highest BCUT2D eigenvalue weighted by Gasteiger charge is 2.30.